The maximum Gasteiger partial charge on any atom is 0.0574 e. The minimum absolute atomic E-state index is 0.180. The Balaban J connectivity index is 2.42. The predicted molar refractivity (Wildman–Crippen MR) is 86.3 cm³/mol. The molecule has 0 radical (unpaired) electrons. The first-order valence-corrected chi connectivity index (χ1v) is 7.26. The van der Waals surface area contributed by atoms with Gasteiger partial charge in [0, 0.05) is 3.57 Å². The molecule has 0 spiro atoms. The quantitative estimate of drug-likeness (QED) is 0.780. The van der Waals surface area contributed by atoms with Crippen molar-refractivity contribution in [1.29, 1.82) is 0 Å². The average molecular weight is 372 g/mol. The second-order valence-corrected chi connectivity index (χ2v) is 5.88. The number of aryl methyl sites for hydroxylation is 1. The number of hydrogen-bond donors (Lipinski definition) is 1. The van der Waals surface area contributed by atoms with Crippen molar-refractivity contribution in [2.75, 3.05) is 7.05 Å². The zero-order valence-corrected chi connectivity index (χ0v) is 13.3. The molecule has 94 valence electrons. The van der Waals surface area contributed by atoms with Crippen LogP contribution in [0, 0.1) is 10.5 Å². The van der Waals surface area contributed by atoms with Gasteiger partial charge in [-0.2, -0.15) is 0 Å². The number of nitrogens with one attached hydrogen (secondary N) is 1. The van der Waals surface area contributed by atoms with Gasteiger partial charge in [-0.05, 0) is 59.8 Å². The summed E-state index contributed by atoms with van der Waals surface area (Å²) in [6, 6.07) is 14.9. The van der Waals surface area contributed by atoms with E-state index in [0.717, 1.165) is 8.59 Å². The van der Waals surface area contributed by atoms with Gasteiger partial charge >= 0.3 is 0 Å². The first-order valence-electron chi connectivity index (χ1n) is 5.80. The summed E-state index contributed by atoms with van der Waals surface area (Å²) in [4.78, 5) is 0. The van der Waals surface area contributed by atoms with Gasteiger partial charge in [-0.3, -0.25) is 0 Å². The van der Waals surface area contributed by atoms with E-state index in [2.05, 4.69) is 71.2 Å². The van der Waals surface area contributed by atoms with Crippen LogP contribution >= 0.6 is 34.2 Å². The van der Waals surface area contributed by atoms with Crippen LogP contribution in [-0.2, 0) is 0 Å². The van der Waals surface area contributed by atoms with Crippen LogP contribution in [0.3, 0.4) is 0 Å². The fraction of sp³-hybridized carbons (Fsp3) is 0.200. The maximum absolute atomic E-state index is 6.20. The molecule has 0 bridgehead atoms. The lowest BCUT2D eigenvalue weighted by Gasteiger charge is -2.18. The van der Waals surface area contributed by atoms with Crippen molar-refractivity contribution in [3.8, 4) is 0 Å². The van der Waals surface area contributed by atoms with Gasteiger partial charge in [-0.25, -0.2) is 0 Å². The zero-order valence-electron chi connectivity index (χ0n) is 10.4. The number of hydrogen-bond acceptors (Lipinski definition) is 1. The van der Waals surface area contributed by atoms with E-state index in [0.29, 0.717) is 0 Å². The Labute approximate surface area is 127 Å². The van der Waals surface area contributed by atoms with E-state index in [1.165, 1.54) is 16.7 Å². The van der Waals surface area contributed by atoms with Gasteiger partial charge in [0.1, 0.15) is 0 Å². The highest BCUT2D eigenvalue weighted by Crippen LogP contribution is 2.27. The SMILES string of the molecule is CNC(c1cccc(C)c1)c1ccc(I)c(Cl)c1. The molecule has 3 heteroatoms. The second kappa shape index (κ2) is 6.04. The van der Waals surface area contributed by atoms with Crippen molar-refractivity contribution in [2.24, 2.45) is 0 Å². The maximum atomic E-state index is 6.20. The summed E-state index contributed by atoms with van der Waals surface area (Å²) in [6.45, 7) is 2.11. The van der Waals surface area contributed by atoms with Gasteiger partial charge in [-0.15, -0.1) is 0 Å². The lowest BCUT2D eigenvalue weighted by molar-refractivity contribution is 0.691. The number of halogens is 2. The molecule has 0 saturated carbocycles. The second-order valence-electron chi connectivity index (χ2n) is 4.31. The van der Waals surface area contributed by atoms with Crippen LogP contribution < -0.4 is 5.32 Å². The van der Waals surface area contributed by atoms with Gasteiger partial charge in [0.2, 0.25) is 0 Å². The van der Waals surface area contributed by atoms with Crippen LogP contribution in [0.5, 0.6) is 0 Å². The molecule has 2 rings (SSSR count). The molecule has 2 aromatic rings. The van der Waals surface area contributed by atoms with Crippen LogP contribution in [0.4, 0.5) is 0 Å². The Morgan fingerprint density at radius 3 is 2.44 bits per heavy atom. The van der Waals surface area contributed by atoms with E-state index < -0.39 is 0 Å². The Morgan fingerprint density at radius 2 is 1.83 bits per heavy atom. The molecule has 0 fully saturated rings. The molecule has 1 unspecified atom stereocenters. The molecule has 2 aromatic carbocycles. The van der Waals surface area contributed by atoms with Gasteiger partial charge in [0.05, 0.1) is 11.1 Å². The van der Waals surface area contributed by atoms with Crippen molar-refractivity contribution in [1.82, 2.24) is 5.32 Å². The van der Waals surface area contributed by atoms with Crippen LogP contribution in [-0.4, -0.2) is 7.05 Å². The van der Waals surface area contributed by atoms with Crippen molar-refractivity contribution in [3.63, 3.8) is 0 Å². The summed E-state index contributed by atoms with van der Waals surface area (Å²) >= 11 is 8.44. The Kier molecular flexibility index (Phi) is 4.65. The average Bonchev–Trinajstić information content (AvgIpc) is 2.35. The molecule has 0 aliphatic heterocycles. The first kappa shape index (κ1) is 13.8. The van der Waals surface area contributed by atoms with Crippen molar-refractivity contribution < 1.29 is 0 Å². The molecule has 18 heavy (non-hydrogen) atoms. The lowest BCUT2D eigenvalue weighted by atomic mass is 9.97. The fourth-order valence-corrected chi connectivity index (χ4v) is 2.59. The summed E-state index contributed by atoms with van der Waals surface area (Å²) in [7, 11) is 1.97. The molecule has 0 aliphatic rings. The number of rotatable bonds is 3. The Hall–Kier alpha value is -0.580. The summed E-state index contributed by atoms with van der Waals surface area (Å²) in [5.74, 6) is 0. The molecule has 1 nitrogen and oxygen atoms in total. The van der Waals surface area contributed by atoms with Crippen LogP contribution in [0.25, 0.3) is 0 Å². The fourth-order valence-electron chi connectivity index (χ4n) is 2.07. The van der Waals surface area contributed by atoms with E-state index >= 15 is 0 Å². The van der Waals surface area contributed by atoms with Crippen LogP contribution in [0.1, 0.15) is 22.7 Å². The molecule has 0 saturated heterocycles. The van der Waals surface area contributed by atoms with Crippen molar-refractivity contribution in [2.45, 2.75) is 13.0 Å². The lowest BCUT2D eigenvalue weighted by Crippen LogP contribution is -2.17. The highest BCUT2D eigenvalue weighted by Gasteiger charge is 2.13. The van der Waals surface area contributed by atoms with E-state index in [-0.39, 0.29) is 6.04 Å². The molecular formula is C15H15ClIN. The van der Waals surface area contributed by atoms with Gasteiger partial charge in [0.25, 0.3) is 0 Å². The Morgan fingerprint density at radius 1 is 1.11 bits per heavy atom. The minimum Gasteiger partial charge on any atom is -0.309 e. The van der Waals surface area contributed by atoms with E-state index in [9.17, 15) is 0 Å². The van der Waals surface area contributed by atoms with Gasteiger partial charge < -0.3 is 5.32 Å². The molecular weight excluding hydrogens is 357 g/mol. The van der Waals surface area contributed by atoms with Crippen LogP contribution in [0.15, 0.2) is 42.5 Å². The molecule has 0 aromatic heterocycles. The molecule has 0 amide bonds. The van der Waals surface area contributed by atoms with Gasteiger partial charge in [-0.1, -0.05) is 47.5 Å². The summed E-state index contributed by atoms with van der Waals surface area (Å²) in [5.41, 5.74) is 3.72. The third kappa shape index (κ3) is 3.05. The molecule has 1 N–H and O–H groups in total. The minimum atomic E-state index is 0.180. The monoisotopic (exact) mass is 371 g/mol. The predicted octanol–water partition coefficient (Wildman–Crippen LogP) is 4.56. The first-order chi connectivity index (χ1) is 8.61. The van der Waals surface area contributed by atoms with E-state index in [4.69, 9.17) is 11.6 Å². The highest BCUT2D eigenvalue weighted by molar-refractivity contribution is 14.1. The standard InChI is InChI=1S/C15H15ClIN/c1-10-4-3-5-11(8-10)15(18-2)12-6-7-14(17)13(16)9-12/h3-9,15,18H,1-2H3. The third-order valence-electron chi connectivity index (χ3n) is 2.94. The Bertz CT molecular complexity index is 554. The largest absolute Gasteiger partial charge is 0.309 e. The summed E-state index contributed by atoms with van der Waals surface area (Å²) in [6.07, 6.45) is 0. The molecule has 1 atom stereocenters. The van der Waals surface area contributed by atoms with Gasteiger partial charge in [0.15, 0.2) is 0 Å². The topological polar surface area (TPSA) is 12.0 Å². The highest BCUT2D eigenvalue weighted by atomic mass is 127. The zero-order chi connectivity index (χ0) is 13.1. The normalized spacial score (nSPS) is 12.4. The van der Waals surface area contributed by atoms with Crippen molar-refractivity contribution >= 4 is 34.2 Å². The van der Waals surface area contributed by atoms with E-state index in [1.807, 2.05) is 13.1 Å². The number of benzene rings is 2. The van der Waals surface area contributed by atoms with Crippen molar-refractivity contribution in [3.05, 3.63) is 67.7 Å². The van der Waals surface area contributed by atoms with Crippen LogP contribution in [0.2, 0.25) is 5.02 Å². The summed E-state index contributed by atoms with van der Waals surface area (Å²) in [5, 5.41) is 4.15. The van der Waals surface area contributed by atoms with E-state index in [1.54, 1.807) is 0 Å². The molecule has 0 heterocycles. The third-order valence-corrected chi connectivity index (χ3v) is 4.51. The molecule has 0 aliphatic carbocycles. The summed E-state index contributed by atoms with van der Waals surface area (Å²) < 4.78 is 1.08. The smallest absolute Gasteiger partial charge is 0.0574 e.